The van der Waals surface area contributed by atoms with Crippen molar-refractivity contribution >= 4 is 39.5 Å². The number of para-hydroxylation sites is 1. The van der Waals surface area contributed by atoms with Gasteiger partial charge in [-0.2, -0.15) is 0 Å². The minimum atomic E-state index is 0.957. The lowest BCUT2D eigenvalue weighted by Gasteiger charge is -2.32. The van der Waals surface area contributed by atoms with Crippen molar-refractivity contribution in [2.45, 2.75) is 25.7 Å². The van der Waals surface area contributed by atoms with Crippen LogP contribution in [0.4, 0.5) is 22.7 Å². The van der Waals surface area contributed by atoms with Crippen molar-refractivity contribution in [1.29, 1.82) is 0 Å². The Kier molecular flexibility index (Phi) is 13.0. The standard InChI is InChI=1S/C60H52N2/c1-5-20-45(7-3)47-34-38-54(39-35-47)61(52-24-14-10-15-25-52)56-42-43-57(59(44-56)49-22-12-9-13-23-49)50-30-32-51(33-31-50)58-28-18-19-29-60(58)62(53-26-16-11-17-27-53)55-40-36-48(37-41-55)46(8-4)21-6-2/h5-10,12-16,19-27,29-44H,1-4,11,17-18,28H2/b45-20+,46-21+. The third-order valence-electron chi connectivity index (χ3n) is 11.5. The fraction of sp³-hybridized carbons (Fsp3) is 0.0667. The molecule has 8 rings (SSSR count). The second kappa shape index (κ2) is 19.6. The summed E-state index contributed by atoms with van der Waals surface area (Å²) in [4.78, 5) is 4.75. The molecule has 0 atom stereocenters. The number of allylic oxidation sites excluding steroid dienone is 14. The van der Waals surface area contributed by atoms with Crippen molar-refractivity contribution in [2.75, 3.05) is 9.80 Å². The summed E-state index contributed by atoms with van der Waals surface area (Å²) in [6, 6.07) is 54.8. The van der Waals surface area contributed by atoms with Crippen LogP contribution in [-0.4, -0.2) is 0 Å². The van der Waals surface area contributed by atoms with E-state index in [1.54, 1.807) is 6.08 Å². The van der Waals surface area contributed by atoms with Gasteiger partial charge in [-0.1, -0.05) is 184 Å². The summed E-state index contributed by atoms with van der Waals surface area (Å²) >= 11 is 0. The van der Waals surface area contributed by atoms with Crippen molar-refractivity contribution in [3.8, 4) is 22.3 Å². The van der Waals surface area contributed by atoms with Crippen LogP contribution in [0.3, 0.4) is 0 Å². The summed E-state index contributed by atoms with van der Waals surface area (Å²) in [6.45, 7) is 15.8. The van der Waals surface area contributed by atoms with Gasteiger partial charge in [0, 0.05) is 34.1 Å². The van der Waals surface area contributed by atoms with Gasteiger partial charge in [0.2, 0.25) is 0 Å². The first-order valence-electron chi connectivity index (χ1n) is 21.4. The van der Waals surface area contributed by atoms with Crippen LogP contribution in [0.1, 0.15) is 42.4 Å². The van der Waals surface area contributed by atoms with Gasteiger partial charge in [0.25, 0.3) is 0 Å². The monoisotopic (exact) mass is 800 g/mol. The molecule has 0 N–H and O–H groups in total. The van der Waals surface area contributed by atoms with Gasteiger partial charge < -0.3 is 9.80 Å². The van der Waals surface area contributed by atoms with Crippen LogP contribution < -0.4 is 9.80 Å². The predicted molar refractivity (Wildman–Crippen MR) is 269 cm³/mol. The Hall–Kier alpha value is -7.68. The van der Waals surface area contributed by atoms with E-state index in [0.29, 0.717) is 0 Å². The molecule has 0 saturated carbocycles. The molecular weight excluding hydrogens is 749 g/mol. The summed E-state index contributed by atoms with van der Waals surface area (Å²) in [5.74, 6) is 0. The molecule has 0 amide bonds. The second-order valence-corrected chi connectivity index (χ2v) is 15.3. The summed E-state index contributed by atoms with van der Waals surface area (Å²) in [7, 11) is 0. The molecule has 62 heavy (non-hydrogen) atoms. The molecular formula is C60H52N2. The van der Waals surface area contributed by atoms with Gasteiger partial charge in [-0.15, -0.1) is 0 Å². The van der Waals surface area contributed by atoms with Crippen molar-refractivity contribution in [3.63, 3.8) is 0 Å². The molecule has 6 aromatic rings. The molecule has 2 nitrogen and oxygen atoms in total. The maximum Gasteiger partial charge on any atom is 0.0496 e. The van der Waals surface area contributed by atoms with E-state index in [0.717, 1.165) is 70.7 Å². The van der Waals surface area contributed by atoms with Crippen LogP contribution in [0.25, 0.3) is 39.0 Å². The topological polar surface area (TPSA) is 6.48 Å². The quantitative estimate of drug-likeness (QED) is 0.0955. The largest absolute Gasteiger partial charge is 0.311 e. The molecule has 0 aliphatic heterocycles. The number of hydrogen-bond donors (Lipinski definition) is 0. The predicted octanol–water partition coefficient (Wildman–Crippen LogP) is 16.8. The first kappa shape index (κ1) is 41.1. The Morgan fingerprint density at radius 3 is 1.56 bits per heavy atom. The van der Waals surface area contributed by atoms with E-state index in [2.05, 4.69) is 218 Å². The lowest BCUT2D eigenvalue weighted by molar-refractivity contribution is 0.967. The molecule has 302 valence electrons. The molecule has 0 saturated heterocycles. The van der Waals surface area contributed by atoms with Crippen LogP contribution in [0.5, 0.6) is 0 Å². The van der Waals surface area contributed by atoms with E-state index in [1.807, 2.05) is 30.4 Å². The number of anilines is 4. The third kappa shape index (κ3) is 8.92. The van der Waals surface area contributed by atoms with Gasteiger partial charge in [-0.25, -0.2) is 0 Å². The zero-order chi connectivity index (χ0) is 42.7. The number of rotatable bonds is 15. The minimum Gasteiger partial charge on any atom is -0.311 e. The van der Waals surface area contributed by atoms with E-state index in [4.69, 9.17) is 0 Å². The molecule has 0 spiro atoms. The molecule has 0 unspecified atom stereocenters. The highest BCUT2D eigenvalue weighted by atomic mass is 15.2. The van der Waals surface area contributed by atoms with E-state index < -0.39 is 0 Å². The Morgan fingerprint density at radius 2 is 0.984 bits per heavy atom. The summed E-state index contributed by atoms with van der Waals surface area (Å²) in [5, 5.41) is 0. The molecule has 0 heterocycles. The molecule has 2 aliphatic carbocycles. The van der Waals surface area contributed by atoms with E-state index in [9.17, 15) is 0 Å². The molecule has 0 bridgehead atoms. The SMILES string of the molecule is C=C/C=C(\C=C)c1ccc(N(C2=CCCC=C2)C2=C(c3ccc(-c4ccc(N(c5ccccc5)c5ccc(/C(C=C)=C/C=C)cc5)cc4-c4ccccc4)cc3)CCC=C2)cc1. The van der Waals surface area contributed by atoms with Gasteiger partial charge >= 0.3 is 0 Å². The van der Waals surface area contributed by atoms with E-state index >= 15 is 0 Å². The van der Waals surface area contributed by atoms with Gasteiger partial charge in [-0.3, -0.25) is 0 Å². The molecule has 0 radical (unpaired) electrons. The highest BCUT2D eigenvalue weighted by molar-refractivity contribution is 5.90. The summed E-state index contributed by atoms with van der Waals surface area (Å²) in [5.41, 5.74) is 18.3. The fourth-order valence-electron chi connectivity index (χ4n) is 8.42. The van der Waals surface area contributed by atoms with Crippen LogP contribution in [0, 0.1) is 0 Å². The molecule has 0 aromatic heterocycles. The summed E-state index contributed by atoms with van der Waals surface area (Å²) < 4.78 is 0. The molecule has 6 aromatic carbocycles. The van der Waals surface area contributed by atoms with Gasteiger partial charge in [0.15, 0.2) is 0 Å². The normalized spacial score (nSPS) is 13.9. The summed E-state index contributed by atoms with van der Waals surface area (Å²) in [6.07, 6.45) is 26.9. The highest BCUT2D eigenvalue weighted by Gasteiger charge is 2.22. The molecule has 2 aliphatic rings. The fourth-order valence-corrected chi connectivity index (χ4v) is 8.42. The Balaban J connectivity index is 1.19. The second-order valence-electron chi connectivity index (χ2n) is 15.3. The van der Waals surface area contributed by atoms with Gasteiger partial charge in [0.1, 0.15) is 0 Å². The van der Waals surface area contributed by atoms with Crippen molar-refractivity contribution < 1.29 is 0 Å². The lowest BCUT2D eigenvalue weighted by atomic mass is 9.90. The number of benzene rings is 6. The Labute approximate surface area is 368 Å². The van der Waals surface area contributed by atoms with Crippen molar-refractivity contribution in [2.24, 2.45) is 0 Å². The maximum absolute atomic E-state index is 4.03. The lowest BCUT2D eigenvalue weighted by Crippen LogP contribution is -2.23. The van der Waals surface area contributed by atoms with Crippen molar-refractivity contribution in [3.05, 3.63) is 273 Å². The van der Waals surface area contributed by atoms with E-state index in [1.165, 1.54) is 44.8 Å². The average Bonchev–Trinajstić information content (AvgIpc) is 3.34. The molecule has 2 heteroatoms. The van der Waals surface area contributed by atoms with E-state index in [-0.39, 0.29) is 0 Å². The average molecular weight is 801 g/mol. The third-order valence-corrected chi connectivity index (χ3v) is 11.5. The zero-order valence-electron chi connectivity index (χ0n) is 35.3. The van der Waals surface area contributed by atoms with Crippen LogP contribution in [0.2, 0.25) is 0 Å². The Bertz CT molecular complexity index is 2750. The first-order valence-corrected chi connectivity index (χ1v) is 21.4. The highest BCUT2D eigenvalue weighted by Crippen LogP contribution is 2.42. The van der Waals surface area contributed by atoms with Crippen LogP contribution >= 0.6 is 0 Å². The first-order chi connectivity index (χ1) is 30.6. The Morgan fingerprint density at radius 1 is 0.452 bits per heavy atom. The number of hydrogen-bond acceptors (Lipinski definition) is 2. The van der Waals surface area contributed by atoms with Crippen molar-refractivity contribution in [1.82, 2.24) is 0 Å². The minimum absolute atomic E-state index is 0.957. The molecule has 0 fully saturated rings. The van der Waals surface area contributed by atoms with Gasteiger partial charge in [0.05, 0.1) is 0 Å². The van der Waals surface area contributed by atoms with Crippen LogP contribution in [0.15, 0.2) is 256 Å². The smallest absolute Gasteiger partial charge is 0.0496 e. The van der Waals surface area contributed by atoms with Crippen LogP contribution in [-0.2, 0) is 0 Å². The number of nitrogens with zero attached hydrogens (tertiary/aromatic N) is 2. The maximum atomic E-state index is 4.03. The van der Waals surface area contributed by atoms with Gasteiger partial charge in [-0.05, 0) is 142 Å². The zero-order valence-corrected chi connectivity index (χ0v) is 35.3.